The molecular weight excluding hydrogens is 287 g/mol. The van der Waals surface area contributed by atoms with Gasteiger partial charge in [-0.1, -0.05) is 12.1 Å². The van der Waals surface area contributed by atoms with E-state index in [2.05, 4.69) is 20.9 Å². The van der Waals surface area contributed by atoms with E-state index in [1.165, 1.54) is 6.07 Å². The van der Waals surface area contributed by atoms with Crippen LogP contribution < -0.4 is 16.0 Å². The molecule has 0 aliphatic heterocycles. The third-order valence-electron chi connectivity index (χ3n) is 2.81. The smallest absolute Gasteiger partial charge is 0.170 e. The van der Waals surface area contributed by atoms with Gasteiger partial charge in [0, 0.05) is 25.0 Å². The average molecular weight is 304 g/mol. The average Bonchev–Trinajstić information content (AvgIpc) is 2.49. The number of thiocarbonyl (C=S) groups is 1. The van der Waals surface area contributed by atoms with Gasteiger partial charge in [-0.05, 0) is 49.0 Å². The van der Waals surface area contributed by atoms with Crippen LogP contribution in [-0.2, 0) is 0 Å². The predicted molar refractivity (Wildman–Crippen MR) is 88.1 cm³/mol. The Bertz CT molecular complexity index is 604. The highest BCUT2D eigenvalue weighted by Crippen LogP contribution is 2.13. The van der Waals surface area contributed by atoms with Gasteiger partial charge >= 0.3 is 0 Å². The Morgan fingerprint density at radius 1 is 1.24 bits per heavy atom. The van der Waals surface area contributed by atoms with Gasteiger partial charge in [0.25, 0.3) is 0 Å². The lowest BCUT2D eigenvalue weighted by Crippen LogP contribution is -2.32. The van der Waals surface area contributed by atoms with E-state index < -0.39 is 0 Å². The molecule has 2 aromatic rings. The molecule has 0 saturated carbocycles. The SMILES string of the molecule is Cc1ccc(NC(=S)NCCNc2ccccn2)cc1F. The summed E-state index contributed by atoms with van der Waals surface area (Å²) < 4.78 is 13.4. The van der Waals surface area contributed by atoms with Crippen molar-refractivity contribution in [2.75, 3.05) is 23.7 Å². The Kier molecular flexibility index (Phi) is 5.45. The first-order valence-electron chi connectivity index (χ1n) is 6.61. The van der Waals surface area contributed by atoms with Crippen LogP contribution in [0.3, 0.4) is 0 Å². The lowest BCUT2D eigenvalue weighted by molar-refractivity contribution is 0.619. The summed E-state index contributed by atoms with van der Waals surface area (Å²) in [5.41, 5.74) is 1.24. The highest BCUT2D eigenvalue weighted by molar-refractivity contribution is 7.80. The summed E-state index contributed by atoms with van der Waals surface area (Å²) in [5, 5.41) is 9.61. The number of nitrogens with one attached hydrogen (secondary N) is 3. The molecule has 0 fully saturated rings. The highest BCUT2D eigenvalue weighted by Gasteiger charge is 2.01. The largest absolute Gasteiger partial charge is 0.368 e. The summed E-state index contributed by atoms with van der Waals surface area (Å²) in [6.07, 6.45) is 1.73. The van der Waals surface area contributed by atoms with Gasteiger partial charge in [-0.2, -0.15) is 0 Å². The van der Waals surface area contributed by atoms with Crippen molar-refractivity contribution in [3.8, 4) is 0 Å². The van der Waals surface area contributed by atoms with Crippen LogP contribution in [0.1, 0.15) is 5.56 Å². The van der Waals surface area contributed by atoms with Crippen LogP contribution in [0.15, 0.2) is 42.6 Å². The van der Waals surface area contributed by atoms with Crippen LogP contribution in [0.5, 0.6) is 0 Å². The molecule has 1 aromatic heterocycles. The molecule has 1 heterocycles. The normalized spacial score (nSPS) is 10.0. The molecule has 3 N–H and O–H groups in total. The fourth-order valence-electron chi connectivity index (χ4n) is 1.68. The second-order valence-corrected chi connectivity index (χ2v) is 4.89. The zero-order valence-electron chi connectivity index (χ0n) is 11.7. The monoisotopic (exact) mass is 304 g/mol. The van der Waals surface area contributed by atoms with Crippen molar-refractivity contribution in [3.63, 3.8) is 0 Å². The van der Waals surface area contributed by atoms with Crippen molar-refractivity contribution in [1.82, 2.24) is 10.3 Å². The van der Waals surface area contributed by atoms with Crippen LogP contribution in [0.25, 0.3) is 0 Å². The van der Waals surface area contributed by atoms with E-state index in [-0.39, 0.29) is 5.82 Å². The van der Waals surface area contributed by atoms with Crippen molar-refractivity contribution < 1.29 is 4.39 Å². The Hall–Kier alpha value is -2.21. The fraction of sp³-hybridized carbons (Fsp3) is 0.200. The molecule has 0 bridgehead atoms. The highest BCUT2D eigenvalue weighted by atomic mass is 32.1. The molecule has 4 nitrogen and oxygen atoms in total. The molecule has 1 aromatic carbocycles. The van der Waals surface area contributed by atoms with Gasteiger partial charge in [-0.15, -0.1) is 0 Å². The number of aryl methyl sites for hydroxylation is 1. The van der Waals surface area contributed by atoms with Gasteiger partial charge in [-0.3, -0.25) is 0 Å². The van der Waals surface area contributed by atoms with Crippen LogP contribution in [0.4, 0.5) is 15.9 Å². The summed E-state index contributed by atoms with van der Waals surface area (Å²) in [6, 6.07) is 10.6. The number of benzene rings is 1. The van der Waals surface area contributed by atoms with Gasteiger partial charge in [0.15, 0.2) is 5.11 Å². The molecule has 21 heavy (non-hydrogen) atoms. The van der Waals surface area contributed by atoms with E-state index in [1.807, 2.05) is 18.2 Å². The Morgan fingerprint density at radius 2 is 2.10 bits per heavy atom. The van der Waals surface area contributed by atoms with Gasteiger partial charge in [0.2, 0.25) is 0 Å². The molecule has 2 rings (SSSR count). The molecule has 110 valence electrons. The molecule has 0 aliphatic carbocycles. The number of anilines is 2. The van der Waals surface area contributed by atoms with Gasteiger partial charge < -0.3 is 16.0 Å². The first-order valence-corrected chi connectivity index (χ1v) is 7.02. The Balaban J connectivity index is 1.71. The molecule has 0 aliphatic rings. The van der Waals surface area contributed by atoms with E-state index in [0.29, 0.717) is 29.5 Å². The maximum Gasteiger partial charge on any atom is 0.170 e. The first-order chi connectivity index (χ1) is 10.1. The number of aromatic nitrogens is 1. The fourth-order valence-corrected chi connectivity index (χ4v) is 1.90. The molecule has 0 saturated heterocycles. The summed E-state index contributed by atoms with van der Waals surface area (Å²) in [6.45, 7) is 3.04. The lowest BCUT2D eigenvalue weighted by Gasteiger charge is -2.11. The molecule has 6 heteroatoms. The van der Waals surface area contributed by atoms with E-state index in [9.17, 15) is 4.39 Å². The van der Waals surface area contributed by atoms with Crippen molar-refractivity contribution in [2.45, 2.75) is 6.92 Å². The first kappa shape index (κ1) is 15.2. The van der Waals surface area contributed by atoms with E-state index >= 15 is 0 Å². The van der Waals surface area contributed by atoms with Crippen LogP contribution in [0.2, 0.25) is 0 Å². The number of hydrogen-bond donors (Lipinski definition) is 3. The number of rotatable bonds is 5. The summed E-state index contributed by atoms with van der Waals surface area (Å²) in [7, 11) is 0. The third kappa shape index (κ3) is 5.00. The number of hydrogen-bond acceptors (Lipinski definition) is 3. The van der Waals surface area contributed by atoms with Crippen LogP contribution in [0, 0.1) is 12.7 Å². The van der Waals surface area contributed by atoms with Gasteiger partial charge in [-0.25, -0.2) is 9.37 Å². The molecule has 0 radical (unpaired) electrons. The van der Waals surface area contributed by atoms with E-state index in [0.717, 1.165) is 5.82 Å². The number of halogens is 1. The minimum absolute atomic E-state index is 0.250. The van der Waals surface area contributed by atoms with Crippen molar-refractivity contribution in [1.29, 1.82) is 0 Å². The minimum atomic E-state index is -0.250. The zero-order chi connectivity index (χ0) is 15.1. The maximum atomic E-state index is 13.4. The van der Waals surface area contributed by atoms with Crippen LogP contribution >= 0.6 is 12.2 Å². The summed E-state index contributed by atoms with van der Waals surface area (Å²) >= 11 is 5.15. The molecule has 0 amide bonds. The molecule has 0 spiro atoms. The van der Waals surface area contributed by atoms with Crippen molar-refractivity contribution >= 4 is 28.8 Å². The topological polar surface area (TPSA) is 49.0 Å². The lowest BCUT2D eigenvalue weighted by atomic mass is 10.2. The molecular formula is C15H17FN4S. The predicted octanol–water partition coefficient (Wildman–Crippen LogP) is 2.93. The second kappa shape index (κ2) is 7.54. The van der Waals surface area contributed by atoms with Crippen molar-refractivity contribution in [3.05, 3.63) is 54.0 Å². The third-order valence-corrected chi connectivity index (χ3v) is 3.06. The minimum Gasteiger partial charge on any atom is -0.368 e. The Labute approximate surface area is 128 Å². The summed E-state index contributed by atoms with van der Waals surface area (Å²) in [4.78, 5) is 4.15. The van der Waals surface area contributed by atoms with E-state index in [4.69, 9.17) is 12.2 Å². The number of pyridine rings is 1. The Morgan fingerprint density at radius 3 is 2.81 bits per heavy atom. The number of nitrogens with zero attached hydrogens (tertiary/aromatic N) is 1. The zero-order valence-corrected chi connectivity index (χ0v) is 12.5. The summed E-state index contributed by atoms with van der Waals surface area (Å²) in [5.74, 6) is 0.568. The van der Waals surface area contributed by atoms with Crippen molar-refractivity contribution in [2.24, 2.45) is 0 Å². The second-order valence-electron chi connectivity index (χ2n) is 4.49. The van der Waals surface area contributed by atoms with E-state index in [1.54, 1.807) is 25.3 Å². The maximum absolute atomic E-state index is 13.4. The standard InChI is InChI=1S/C15H17FN4S/c1-11-5-6-12(10-13(11)16)20-15(21)19-9-8-18-14-4-2-3-7-17-14/h2-7,10H,8-9H2,1H3,(H,17,18)(H2,19,20,21). The molecule has 0 unspecified atom stereocenters. The van der Waals surface area contributed by atoms with Gasteiger partial charge in [0.1, 0.15) is 11.6 Å². The molecule has 0 atom stereocenters. The quantitative estimate of drug-likeness (QED) is 0.586. The van der Waals surface area contributed by atoms with Crippen LogP contribution in [-0.4, -0.2) is 23.2 Å². The van der Waals surface area contributed by atoms with Gasteiger partial charge in [0.05, 0.1) is 0 Å².